The van der Waals surface area contributed by atoms with Gasteiger partial charge in [-0.2, -0.15) is 0 Å². The van der Waals surface area contributed by atoms with E-state index in [1.165, 1.54) is 54.4 Å². The van der Waals surface area contributed by atoms with Gasteiger partial charge in [0, 0.05) is 4.47 Å². The average molecular weight is 459 g/mol. The molecule has 0 radical (unpaired) electrons. The second-order valence-electron chi connectivity index (χ2n) is 9.76. The lowest BCUT2D eigenvalue weighted by Crippen LogP contribution is -2.55. The summed E-state index contributed by atoms with van der Waals surface area (Å²) in [5.41, 5.74) is 5.25. The normalized spacial score (nSPS) is 31.8. The molecule has 0 aliphatic heterocycles. The van der Waals surface area contributed by atoms with Crippen molar-refractivity contribution >= 4 is 15.9 Å². The summed E-state index contributed by atoms with van der Waals surface area (Å²) in [5.74, 6) is 2.46. The molecule has 3 aromatic carbocycles. The van der Waals surface area contributed by atoms with E-state index in [1.807, 2.05) is 0 Å². The summed E-state index contributed by atoms with van der Waals surface area (Å²) in [6.07, 6.45) is 6.17. The van der Waals surface area contributed by atoms with E-state index in [9.17, 15) is 5.11 Å². The number of rotatable bonds is 3. The van der Waals surface area contributed by atoms with Crippen LogP contribution in [0.3, 0.4) is 0 Å². The first-order chi connectivity index (χ1) is 14.6. The second-order valence-corrected chi connectivity index (χ2v) is 10.7. The Morgan fingerprint density at radius 1 is 0.667 bits per heavy atom. The molecule has 4 bridgehead atoms. The molecule has 4 aliphatic carbocycles. The van der Waals surface area contributed by atoms with Crippen LogP contribution in [-0.2, 0) is 5.60 Å². The van der Waals surface area contributed by atoms with Gasteiger partial charge >= 0.3 is 0 Å². The van der Waals surface area contributed by atoms with Crippen LogP contribution in [0.15, 0.2) is 77.3 Å². The first-order valence-electron chi connectivity index (χ1n) is 11.3. The topological polar surface area (TPSA) is 20.2 Å². The van der Waals surface area contributed by atoms with E-state index in [2.05, 4.69) is 88.7 Å². The van der Waals surface area contributed by atoms with Crippen molar-refractivity contribution in [3.8, 4) is 22.3 Å². The van der Waals surface area contributed by atoms with Crippen LogP contribution in [0.5, 0.6) is 0 Å². The van der Waals surface area contributed by atoms with E-state index < -0.39 is 5.60 Å². The first kappa shape index (κ1) is 18.8. The van der Waals surface area contributed by atoms with E-state index in [4.69, 9.17) is 0 Å². The van der Waals surface area contributed by atoms with Gasteiger partial charge in [-0.3, -0.25) is 0 Å². The van der Waals surface area contributed by atoms with E-state index >= 15 is 0 Å². The summed E-state index contributed by atoms with van der Waals surface area (Å²) in [6, 6.07) is 25.9. The largest absolute Gasteiger partial charge is 0.385 e. The fourth-order valence-electron chi connectivity index (χ4n) is 6.91. The fourth-order valence-corrected chi connectivity index (χ4v) is 7.17. The van der Waals surface area contributed by atoms with Crippen molar-refractivity contribution in [2.75, 3.05) is 0 Å². The van der Waals surface area contributed by atoms with Gasteiger partial charge in [0.05, 0.1) is 5.60 Å². The minimum atomic E-state index is -0.708. The van der Waals surface area contributed by atoms with Gasteiger partial charge in [-0.25, -0.2) is 0 Å². The lowest BCUT2D eigenvalue weighted by atomic mass is 9.48. The molecule has 1 N–H and O–H groups in total. The molecule has 2 heteroatoms. The molecule has 3 aromatic rings. The molecule has 0 atom stereocenters. The third-order valence-electron chi connectivity index (χ3n) is 8.10. The summed E-state index contributed by atoms with van der Waals surface area (Å²) in [7, 11) is 0. The second kappa shape index (κ2) is 7.07. The van der Waals surface area contributed by atoms with Gasteiger partial charge in [-0.05, 0) is 102 Å². The van der Waals surface area contributed by atoms with Gasteiger partial charge < -0.3 is 5.11 Å². The van der Waals surface area contributed by atoms with Gasteiger partial charge in [-0.1, -0.05) is 70.5 Å². The molecule has 0 aromatic heterocycles. The predicted octanol–water partition coefficient (Wildman–Crippen LogP) is 7.43. The Morgan fingerprint density at radius 3 is 1.90 bits per heavy atom. The Balaban J connectivity index is 1.54. The van der Waals surface area contributed by atoms with Gasteiger partial charge in [0.1, 0.15) is 0 Å². The molecule has 4 saturated carbocycles. The molecule has 152 valence electrons. The van der Waals surface area contributed by atoms with Crippen LogP contribution in [0.4, 0.5) is 0 Å². The molecule has 30 heavy (non-hydrogen) atoms. The third-order valence-corrected chi connectivity index (χ3v) is 8.62. The highest BCUT2D eigenvalue weighted by Gasteiger charge is 2.57. The maximum absolute atomic E-state index is 12.4. The third kappa shape index (κ3) is 2.92. The summed E-state index contributed by atoms with van der Waals surface area (Å²) in [4.78, 5) is 0. The quantitative estimate of drug-likeness (QED) is 0.432. The highest BCUT2D eigenvalue weighted by molar-refractivity contribution is 9.10. The van der Waals surface area contributed by atoms with Crippen LogP contribution in [0, 0.1) is 23.7 Å². The van der Waals surface area contributed by atoms with Crippen LogP contribution < -0.4 is 0 Å². The Kier molecular flexibility index (Phi) is 4.44. The zero-order chi connectivity index (χ0) is 20.3. The minimum Gasteiger partial charge on any atom is -0.385 e. The van der Waals surface area contributed by atoms with Crippen molar-refractivity contribution < 1.29 is 5.11 Å². The molecule has 0 spiro atoms. The van der Waals surface area contributed by atoms with E-state index in [-0.39, 0.29) is 0 Å². The maximum atomic E-state index is 12.4. The van der Waals surface area contributed by atoms with Crippen LogP contribution in [0.2, 0.25) is 0 Å². The lowest BCUT2D eigenvalue weighted by molar-refractivity contribution is -0.179. The van der Waals surface area contributed by atoms with Crippen molar-refractivity contribution in [1.82, 2.24) is 0 Å². The number of aliphatic hydroxyl groups is 1. The van der Waals surface area contributed by atoms with E-state index in [0.717, 1.165) is 21.9 Å². The molecule has 4 aliphatic rings. The summed E-state index contributed by atoms with van der Waals surface area (Å²) in [6.45, 7) is 0. The highest BCUT2D eigenvalue weighted by Crippen LogP contribution is 2.62. The smallest absolute Gasteiger partial charge is 0.0959 e. The van der Waals surface area contributed by atoms with Gasteiger partial charge in [0.2, 0.25) is 0 Å². The first-order valence-corrected chi connectivity index (χ1v) is 12.1. The van der Waals surface area contributed by atoms with Crippen LogP contribution in [0.1, 0.15) is 37.7 Å². The maximum Gasteiger partial charge on any atom is 0.0959 e. The Labute approximate surface area is 187 Å². The predicted molar refractivity (Wildman–Crippen MR) is 126 cm³/mol. The summed E-state index contributed by atoms with van der Waals surface area (Å²) >= 11 is 3.57. The molecule has 0 amide bonds. The molecule has 0 heterocycles. The monoisotopic (exact) mass is 458 g/mol. The fraction of sp³-hybridized carbons (Fsp3) is 0.357. The molecular formula is C28H27BrO. The Hall–Kier alpha value is -1.90. The van der Waals surface area contributed by atoms with E-state index in [0.29, 0.717) is 11.8 Å². The number of halogens is 1. The Bertz CT molecular complexity index is 1040. The molecule has 0 unspecified atom stereocenters. The molecule has 7 rings (SSSR count). The number of hydrogen-bond donors (Lipinski definition) is 1. The summed E-state index contributed by atoms with van der Waals surface area (Å²) < 4.78 is 1.09. The Morgan fingerprint density at radius 2 is 1.27 bits per heavy atom. The number of hydrogen-bond acceptors (Lipinski definition) is 1. The highest BCUT2D eigenvalue weighted by atomic mass is 79.9. The lowest BCUT2D eigenvalue weighted by Gasteiger charge is -2.59. The van der Waals surface area contributed by atoms with Crippen molar-refractivity contribution in [3.05, 3.63) is 82.8 Å². The van der Waals surface area contributed by atoms with Crippen LogP contribution in [0.25, 0.3) is 22.3 Å². The van der Waals surface area contributed by atoms with Crippen molar-refractivity contribution in [2.24, 2.45) is 23.7 Å². The zero-order valence-corrected chi connectivity index (χ0v) is 18.7. The van der Waals surface area contributed by atoms with Crippen LogP contribution >= 0.6 is 15.9 Å². The molecule has 0 saturated heterocycles. The van der Waals surface area contributed by atoms with Crippen molar-refractivity contribution in [3.63, 3.8) is 0 Å². The van der Waals surface area contributed by atoms with Crippen molar-refractivity contribution in [2.45, 2.75) is 37.7 Å². The van der Waals surface area contributed by atoms with Gasteiger partial charge in [-0.15, -0.1) is 0 Å². The molecular weight excluding hydrogens is 432 g/mol. The molecule has 1 nitrogen and oxygen atoms in total. The summed E-state index contributed by atoms with van der Waals surface area (Å²) in [5, 5.41) is 12.4. The van der Waals surface area contributed by atoms with Gasteiger partial charge in [0.15, 0.2) is 0 Å². The van der Waals surface area contributed by atoms with Crippen LogP contribution in [-0.4, -0.2) is 5.11 Å². The minimum absolute atomic E-state index is 0.397. The zero-order valence-electron chi connectivity index (χ0n) is 17.1. The van der Waals surface area contributed by atoms with E-state index in [1.54, 1.807) is 0 Å². The average Bonchev–Trinajstić information content (AvgIpc) is 2.78. The SMILES string of the molecule is OC1(c2cc(-c3ccccc3)ccc2-c2ccc(Br)cc2)C2CC3CC(C2)CC1C3. The standard InChI is InChI=1S/C28H27BrO/c29-25-9-6-21(7-10-25)26-11-8-22(20-4-2-1-3-5-20)17-27(26)28(30)23-13-18-12-19(15-23)16-24(28)14-18/h1-11,17-19,23-24,30H,12-16H2. The number of benzene rings is 3. The van der Waals surface area contributed by atoms with Crippen molar-refractivity contribution in [1.29, 1.82) is 0 Å². The molecule has 4 fully saturated rings. The van der Waals surface area contributed by atoms with Gasteiger partial charge in [0.25, 0.3) is 0 Å².